The number of hydrogen-bond donors (Lipinski definition) is 0. The zero-order valence-electron chi connectivity index (χ0n) is 17.7. The Morgan fingerprint density at radius 1 is 0.893 bits per heavy atom. The number of hydrogen-bond acceptors (Lipinski definition) is 0. The molecular formula is C28H32. The van der Waals surface area contributed by atoms with Gasteiger partial charge in [0.05, 0.1) is 0 Å². The van der Waals surface area contributed by atoms with Gasteiger partial charge in [0.2, 0.25) is 0 Å². The summed E-state index contributed by atoms with van der Waals surface area (Å²) in [6.07, 6.45) is 28.7. The third-order valence-corrected chi connectivity index (χ3v) is 5.62. The van der Waals surface area contributed by atoms with E-state index in [1.54, 1.807) is 0 Å². The van der Waals surface area contributed by atoms with Gasteiger partial charge < -0.3 is 0 Å². The van der Waals surface area contributed by atoms with Gasteiger partial charge in [-0.25, -0.2) is 0 Å². The van der Waals surface area contributed by atoms with E-state index in [9.17, 15) is 0 Å². The lowest BCUT2D eigenvalue weighted by atomic mass is 9.70. The van der Waals surface area contributed by atoms with Crippen LogP contribution in [0, 0.1) is 5.41 Å². The zero-order valence-corrected chi connectivity index (χ0v) is 17.7. The number of benzene rings is 1. The minimum Gasteiger partial charge on any atom is -0.0877 e. The summed E-state index contributed by atoms with van der Waals surface area (Å²) in [5.74, 6) is 0. The highest BCUT2D eigenvalue weighted by Crippen LogP contribution is 2.56. The molecule has 1 unspecified atom stereocenters. The van der Waals surface area contributed by atoms with Crippen molar-refractivity contribution in [1.82, 2.24) is 0 Å². The minimum atomic E-state index is -0.113. The van der Waals surface area contributed by atoms with Crippen LogP contribution < -0.4 is 0 Å². The van der Waals surface area contributed by atoms with Gasteiger partial charge in [0.15, 0.2) is 0 Å². The lowest BCUT2D eigenvalue weighted by Gasteiger charge is -2.33. The third-order valence-electron chi connectivity index (χ3n) is 5.62. The van der Waals surface area contributed by atoms with Crippen molar-refractivity contribution >= 4 is 5.57 Å². The second-order valence-electron chi connectivity index (χ2n) is 8.31. The van der Waals surface area contributed by atoms with Crippen molar-refractivity contribution in [3.63, 3.8) is 0 Å². The first kappa shape index (κ1) is 20.1. The first-order chi connectivity index (χ1) is 13.5. The molecule has 0 heteroatoms. The van der Waals surface area contributed by atoms with Crippen LogP contribution in [0.25, 0.3) is 5.57 Å². The Morgan fingerprint density at radius 3 is 2.39 bits per heavy atom. The molecular weight excluding hydrogens is 336 g/mol. The maximum absolute atomic E-state index is 2.52. The average molecular weight is 369 g/mol. The van der Waals surface area contributed by atoms with Gasteiger partial charge in [0.1, 0.15) is 0 Å². The van der Waals surface area contributed by atoms with Crippen molar-refractivity contribution in [2.45, 2.75) is 46.0 Å². The van der Waals surface area contributed by atoms with Crippen LogP contribution in [-0.2, 0) is 5.41 Å². The summed E-state index contributed by atoms with van der Waals surface area (Å²) in [7, 11) is 0. The summed E-state index contributed by atoms with van der Waals surface area (Å²) in [5, 5.41) is 0. The molecule has 0 saturated carbocycles. The molecule has 1 aromatic carbocycles. The highest BCUT2D eigenvalue weighted by Gasteiger charge is 2.44. The van der Waals surface area contributed by atoms with Crippen molar-refractivity contribution in [1.29, 1.82) is 0 Å². The largest absolute Gasteiger partial charge is 0.0877 e. The van der Waals surface area contributed by atoms with Crippen molar-refractivity contribution < 1.29 is 0 Å². The maximum Gasteiger partial charge on any atom is 0.0428 e. The molecule has 2 aliphatic rings. The summed E-state index contributed by atoms with van der Waals surface area (Å²) >= 11 is 0. The molecule has 0 nitrogen and oxygen atoms in total. The molecule has 0 amide bonds. The summed E-state index contributed by atoms with van der Waals surface area (Å²) in [5.41, 5.74) is 5.78. The second kappa shape index (κ2) is 8.61. The van der Waals surface area contributed by atoms with Crippen molar-refractivity contribution in [3.05, 3.63) is 114 Å². The number of fused-ring (bicyclic) bond motifs is 3. The first-order valence-electron chi connectivity index (χ1n) is 10.3. The monoisotopic (exact) mass is 368 g/mol. The SMILES string of the molecule is C\C=C/C=C\C=C\C1(C/C=C\C=C/C)C2=CC(C)(C)CC=C2c2ccccc21. The minimum absolute atomic E-state index is 0.113. The van der Waals surface area contributed by atoms with E-state index in [2.05, 4.69) is 118 Å². The Kier molecular flexibility index (Phi) is 6.19. The van der Waals surface area contributed by atoms with Crippen LogP contribution in [0.2, 0.25) is 0 Å². The molecule has 144 valence electrons. The first-order valence-corrected chi connectivity index (χ1v) is 10.3. The molecule has 0 fully saturated rings. The lowest BCUT2D eigenvalue weighted by Crippen LogP contribution is -2.25. The smallest absolute Gasteiger partial charge is 0.0428 e. The zero-order chi connectivity index (χ0) is 20.0. The molecule has 0 aromatic heterocycles. The molecule has 0 saturated heterocycles. The molecule has 0 spiro atoms. The fourth-order valence-corrected chi connectivity index (χ4v) is 4.25. The van der Waals surface area contributed by atoms with Crippen LogP contribution in [0.3, 0.4) is 0 Å². The summed E-state index contributed by atoms with van der Waals surface area (Å²) < 4.78 is 0. The van der Waals surface area contributed by atoms with Gasteiger partial charge in [-0.3, -0.25) is 0 Å². The van der Waals surface area contributed by atoms with E-state index in [1.807, 2.05) is 6.92 Å². The quantitative estimate of drug-likeness (QED) is 0.448. The Hall–Kier alpha value is -2.60. The average Bonchev–Trinajstić information content (AvgIpc) is 2.94. The van der Waals surface area contributed by atoms with Crippen LogP contribution in [0.5, 0.6) is 0 Å². The van der Waals surface area contributed by atoms with Gasteiger partial charge in [0, 0.05) is 5.41 Å². The van der Waals surface area contributed by atoms with Gasteiger partial charge in [-0.1, -0.05) is 111 Å². The van der Waals surface area contributed by atoms with Crippen molar-refractivity contribution in [2.75, 3.05) is 0 Å². The van der Waals surface area contributed by atoms with Crippen LogP contribution in [0.1, 0.15) is 51.7 Å². The molecule has 0 N–H and O–H groups in total. The normalized spacial score (nSPS) is 23.9. The third kappa shape index (κ3) is 3.97. The van der Waals surface area contributed by atoms with E-state index >= 15 is 0 Å². The highest BCUT2D eigenvalue weighted by molar-refractivity contribution is 5.92. The van der Waals surface area contributed by atoms with E-state index in [4.69, 9.17) is 0 Å². The van der Waals surface area contributed by atoms with Gasteiger partial charge >= 0.3 is 0 Å². The summed E-state index contributed by atoms with van der Waals surface area (Å²) in [4.78, 5) is 0. The van der Waals surface area contributed by atoms with E-state index < -0.39 is 0 Å². The predicted molar refractivity (Wildman–Crippen MR) is 124 cm³/mol. The molecule has 1 atom stereocenters. The van der Waals surface area contributed by atoms with Gasteiger partial charge in [-0.15, -0.1) is 0 Å². The molecule has 0 heterocycles. The molecule has 0 bridgehead atoms. The Bertz CT molecular complexity index is 909. The second-order valence-corrected chi connectivity index (χ2v) is 8.31. The van der Waals surface area contributed by atoms with Gasteiger partial charge in [-0.2, -0.15) is 0 Å². The van der Waals surface area contributed by atoms with Crippen molar-refractivity contribution in [3.8, 4) is 0 Å². The van der Waals surface area contributed by atoms with Gasteiger partial charge in [0.25, 0.3) is 0 Å². The van der Waals surface area contributed by atoms with Crippen LogP contribution in [0.4, 0.5) is 0 Å². The van der Waals surface area contributed by atoms with Crippen LogP contribution in [-0.4, -0.2) is 0 Å². The fourth-order valence-electron chi connectivity index (χ4n) is 4.25. The van der Waals surface area contributed by atoms with Crippen LogP contribution >= 0.6 is 0 Å². The molecule has 0 aliphatic heterocycles. The Labute approximate surface area is 171 Å². The number of rotatable bonds is 6. The highest BCUT2D eigenvalue weighted by atomic mass is 14.5. The van der Waals surface area contributed by atoms with E-state index in [0.29, 0.717) is 0 Å². The van der Waals surface area contributed by atoms with E-state index in [1.165, 1.54) is 22.3 Å². The molecule has 3 rings (SSSR count). The molecule has 28 heavy (non-hydrogen) atoms. The molecule has 0 radical (unpaired) electrons. The summed E-state index contributed by atoms with van der Waals surface area (Å²) in [6, 6.07) is 8.94. The Morgan fingerprint density at radius 2 is 1.61 bits per heavy atom. The van der Waals surface area contributed by atoms with E-state index in [0.717, 1.165) is 12.8 Å². The molecule has 1 aromatic rings. The van der Waals surface area contributed by atoms with Gasteiger partial charge in [-0.05, 0) is 54.4 Å². The lowest BCUT2D eigenvalue weighted by molar-refractivity contribution is 0.474. The summed E-state index contributed by atoms with van der Waals surface area (Å²) in [6.45, 7) is 8.78. The Balaban J connectivity index is 2.16. The maximum atomic E-state index is 2.52. The fraction of sp³-hybridized carbons (Fsp3) is 0.286. The number of allylic oxidation sites excluding steroid dienone is 14. The van der Waals surface area contributed by atoms with E-state index in [-0.39, 0.29) is 10.8 Å². The topological polar surface area (TPSA) is 0 Å². The predicted octanol–water partition coefficient (Wildman–Crippen LogP) is 7.89. The standard InChI is InChI=1S/C28H32/c1-5-7-9-11-15-20-28(19-14-10-8-6-2)25-17-13-12-16-23(25)24-18-21-27(3,4)22-26(24)28/h5-18,20,22H,19,21H2,1-4H3/b7-5-,8-6-,11-9-,14-10-,20-15+. The van der Waals surface area contributed by atoms with Crippen molar-refractivity contribution in [2.24, 2.45) is 5.41 Å². The molecule has 2 aliphatic carbocycles. The van der Waals surface area contributed by atoms with Crippen LogP contribution in [0.15, 0.2) is 103 Å².